The minimum Gasteiger partial charge on any atom is -0.385 e. The Labute approximate surface area is 124 Å². The number of ether oxygens (including phenoxy) is 1. The molecule has 1 aromatic carbocycles. The maximum atomic E-state index is 12.2. The molecule has 1 aromatic heterocycles. The Kier molecular flexibility index (Phi) is 4.22. The molecule has 2 heterocycles. The first-order valence-electron chi connectivity index (χ1n) is 7.38. The number of carbonyl (C=O) groups excluding carboxylic acids is 1. The van der Waals surface area contributed by atoms with Gasteiger partial charge in [-0.25, -0.2) is 0 Å². The second-order valence-corrected chi connectivity index (χ2v) is 5.40. The molecule has 1 atom stereocenters. The molecule has 0 saturated heterocycles. The summed E-state index contributed by atoms with van der Waals surface area (Å²) < 4.78 is 4.98. The van der Waals surface area contributed by atoms with Gasteiger partial charge in [0.2, 0.25) is 5.91 Å². The number of hydrogen-bond donors (Lipinski definition) is 3. The average Bonchev–Trinajstić information content (AvgIpc) is 2.89. The first-order valence-corrected chi connectivity index (χ1v) is 7.38. The lowest BCUT2D eigenvalue weighted by Crippen LogP contribution is -2.47. The summed E-state index contributed by atoms with van der Waals surface area (Å²) in [7, 11) is 1.67. The predicted octanol–water partition coefficient (Wildman–Crippen LogP) is 1.33. The van der Waals surface area contributed by atoms with Crippen molar-refractivity contribution in [1.82, 2.24) is 15.6 Å². The lowest BCUT2D eigenvalue weighted by molar-refractivity contribution is -0.123. The van der Waals surface area contributed by atoms with Gasteiger partial charge in [-0.1, -0.05) is 18.2 Å². The Bertz CT molecular complexity index is 635. The van der Waals surface area contributed by atoms with E-state index in [1.807, 2.05) is 12.1 Å². The van der Waals surface area contributed by atoms with Crippen molar-refractivity contribution in [2.24, 2.45) is 0 Å². The second-order valence-electron chi connectivity index (χ2n) is 5.40. The summed E-state index contributed by atoms with van der Waals surface area (Å²) in [6, 6.07) is 8.10. The smallest absolute Gasteiger partial charge is 0.237 e. The highest BCUT2D eigenvalue weighted by Crippen LogP contribution is 2.26. The molecule has 3 rings (SSSR count). The maximum Gasteiger partial charge on any atom is 0.237 e. The van der Waals surface area contributed by atoms with Crippen molar-refractivity contribution in [3.05, 3.63) is 35.5 Å². The number of rotatable bonds is 5. The molecule has 0 unspecified atom stereocenters. The SMILES string of the molecule is COCCCNC(=O)[C@@H]1Cc2c([nH]c3ccccc23)CN1. The Balaban J connectivity index is 1.67. The monoisotopic (exact) mass is 287 g/mol. The number of aromatic amines is 1. The highest BCUT2D eigenvalue weighted by molar-refractivity contribution is 5.88. The fourth-order valence-corrected chi connectivity index (χ4v) is 2.88. The predicted molar refractivity (Wildman–Crippen MR) is 82.1 cm³/mol. The minimum atomic E-state index is -0.153. The molecule has 5 nitrogen and oxygen atoms in total. The van der Waals surface area contributed by atoms with Gasteiger partial charge in [-0.05, 0) is 24.5 Å². The highest BCUT2D eigenvalue weighted by atomic mass is 16.5. The van der Waals surface area contributed by atoms with Crippen LogP contribution in [0.4, 0.5) is 0 Å². The lowest BCUT2D eigenvalue weighted by Gasteiger charge is -2.23. The summed E-state index contributed by atoms with van der Waals surface area (Å²) in [6.45, 7) is 2.04. The normalized spacial score (nSPS) is 17.7. The number of aromatic nitrogens is 1. The van der Waals surface area contributed by atoms with Crippen molar-refractivity contribution < 1.29 is 9.53 Å². The van der Waals surface area contributed by atoms with E-state index >= 15 is 0 Å². The molecule has 1 aliphatic heterocycles. The molecule has 5 heteroatoms. The average molecular weight is 287 g/mol. The molecular formula is C16H21N3O2. The zero-order chi connectivity index (χ0) is 14.7. The molecule has 0 aliphatic carbocycles. The van der Waals surface area contributed by atoms with Gasteiger partial charge in [0.25, 0.3) is 0 Å². The third-order valence-electron chi connectivity index (χ3n) is 3.98. The third-order valence-corrected chi connectivity index (χ3v) is 3.98. The van der Waals surface area contributed by atoms with Crippen molar-refractivity contribution in [2.45, 2.75) is 25.4 Å². The number of fused-ring (bicyclic) bond motifs is 3. The summed E-state index contributed by atoms with van der Waals surface area (Å²) >= 11 is 0. The zero-order valence-corrected chi connectivity index (χ0v) is 12.2. The van der Waals surface area contributed by atoms with Crippen LogP contribution in [0.3, 0.4) is 0 Å². The zero-order valence-electron chi connectivity index (χ0n) is 12.2. The number of carbonyl (C=O) groups is 1. The standard InChI is InChI=1S/C16H21N3O2/c1-21-8-4-7-17-16(20)14-9-12-11-5-2-3-6-13(11)19-15(12)10-18-14/h2-3,5-6,14,18-19H,4,7-10H2,1H3,(H,17,20)/t14-/m0/s1. The van der Waals surface area contributed by atoms with Gasteiger partial charge in [-0.15, -0.1) is 0 Å². The lowest BCUT2D eigenvalue weighted by atomic mass is 9.98. The Hall–Kier alpha value is -1.85. The number of hydrogen-bond acceptors (Lipinski definition) is 3. The number of nitrogens with one attached hydrogen (secondary N) is 3. The van der Waals surface area contributed by atoms with E-state index in [-0.39, 0.29) is 11.9 Å². The van der Waals surface area contributed by atoms with E-state index in [1.165, 1.54) is 16.6 Å². The van der Waals surface area contributed by atoms with Crippen molar-refractivity contribution in [3.8, 4) is 0 Å². The van der Waals surface area contributed by atoms with Crippen molar-refractivity contribution >= 4 is 16.8 Å². The van der Waals surface area contributed by atoms with Crippen LogP contribution in [0.25, 0.3) is 10.9 Å². The summed E-state index contributed by atoms with van der Waals surface area (Å²) in [5, 5.41) is 7.50. The van der Waals surface area contributed by atoms with Crippen LogP contribution in [0.5, 0.6) is 0 Å². The van der Waals surface area contributed by atoms with Gasteiger partial charge in [0, 0.05) is 43.4 Å². The molecule has 2 aromatic rings. The van der Waals surface area contributed by atoms with E-state index in [4.69, 9.17) is 4.74 Å². The first kappa shape index (κ1) is 14.1. The number of amides is 1. The van der Waals surface area contributed by atoms with Crippen LogP contribution in [-0.4, -0.2) is 37.2 Å². The fraction of sp³-hybridized carbons (Fsp3) is 0.438. The Morgan fingerprint density at radius 1 is 1.43 bits per heavy atom. The largest absolute Gasteiger partial charge is 0.385 e. The molecule has 21 heavy (non-hydrogen) atoms. The fourth-order valence-electron chi connectivity index (χ4n) is 2.88. The molecule has 3 N–H and O–H groups in total. The summed E-state index contributed by atoms with van der Waals surface area (Å²) in [5.74, 6) is 0.0713. The Morgan fingerprint density at radius 2 is 2.29 bits per heavy atom. The number of para-hydroxylation sites is 1. The second kappa shape index (κ2) is 6.28. The maximum absolute atomic E-state index is 12.2. The highest BCUT2D eigenvalue weighted by Gasteiger charge is 2.26. The van der Waals surface area contributed by atoms with Crippen LogP contribution in [0.2, 0.25) is 0 Å². The van der Waals surface area contributed by atoms with E-state index in [2.05, 4.69) is 27.8 Å². The minimum absolute atomic E-state index is 0.0713. The Morgan fingerprint density at radius 3 is 3.14 bits per heavy atom. The molecule has 112 valence electrons. The molecule has 0 fully saturated rings. The van der Waals surface area contributed by atoms with Crippen LogP contribution >= 0.6 is 0 Å². The number of benzene rings is 1. The molecule has 1 amide bonds. The molecule has 0 bridgehead atoms. The van der Waals surface area contributed by atoms with E-state index in [9.17, 15) is 4.79 Å². The van der Waals surface area contributed by atoms with Crippen LogP contribution in [0, 0.1) is 0 Å². The molecule has 1 aliphatic rings. The third kappa shape index (κ3) is 2.94. The molecule has 0 radical (unpaired) electrons. The quantitative estimate of drug-likeness (QED) is 0.727. The molecular weight excluding hydrogens is 266 g/mol. The van der Waals surface area contributed by atoms with Crippen LogP contribution in [0.15, 0.2) is 24.3 Å². The van der Waals surface area contributed by atoms with E-state index in [0.717, 1.165) is 18.4 Å². The van der Waals surface area contributed by atoms with Crippen LogP contribution in [-0.2, 0) is 22.5 Å². The van der Waals surface area contributed by atoms with E-state index < -0.39 is 0 Å². The summed E-state index contributed by atoms with van der Waals surface area (Å²) in [5.41, 5.74) is 3.60. The van der Waals surface area contributed by atoms with Crippen molar-refractivity contribution in [1.29, 1.82) is 0 Å². The van der Waals surface area contributed by atoms with Gasteiger partial charge in [0.1, 0.15) is 0 Å². The number of H-pyrrole nitrogens is 1. The van der Waals surface area contributed by atoms with Gasteiger partial charge in [-0.3, -0.25) is 10.1 Å². The topological polar surface area (TPSA) is 66.1 Å². The number of methoxy groups -OCH3 is 1. The summed E-state index contributed by atoms with van der Waals surface area (Å²) in [6.07, 6.45) is 1.57. The van der Waals surface area contributed by atoms with Gasteiger partial charge < -0.3 is 15.0 Å². The van der Waals surface area contributed by atoms with Crippen LogP contribution < -0.4 is 10.6 Å². The van der Waals surface area contributed by atoms with Crippen LogP contribution in [0.1, 0.15) is 17.7 Å². The first-order chi connectivity index (χ1) is 10.3. The van der Waals surface area contributed by atoms with Gasteiger partial charge in [0.15, 0.2) is 0 Å². The molecule has 0 spiro atoms. The van der Waals surface area contributed by atoms with Crippen molar-refractivity contribution in [3.63, 3.8) is 0 Å². The van der Waals surface area contributed by atoms with E-state index in [0.29, 0.717) is 19.7 Å². The van der Waals surface area contributed by atoms with Gasteiger partial charge in [0.05, 0.1) is 6.04 Å². The molecule has 0 saturated carbocycles. The van der Waals surface area contributed by atoms with Gasteiger partial charge in [-0.2, -0.15) is 0 Å². The van der Waals surface area contributed by atoms with Gasteiger partial charge >= 0.3 is 0 Å². The van der Waals surface area contributed by atoms with E-state index in [1.54, 1.807) is 7.11 Å². The summed E-state index contributed by atoms with van der Waals surface area (Å²) in [4.78, 5) is 15.6. The van der Waals surface area contributed by atoms with Crippen molar-refractivity contribution in [2.75, 3.05) is 20.3 Å².